The first-order chi connectivity index (χ1) is 6.74. The van der Waals surface area contributed by atoms with E-state index in [2.05, 4.69) is 42.8 Å². The molecule has 2 heterocycles. The van der Waals surface area contributed by atoms with Crippen LogP contribution in [0.15, 0.2) is 21.9 Å². The van der Waals surface area contributed by atoms with Crippen LogP contribution in [0.3, 0.4) is 0 Å². The molecule has 14 heavy (non-hydrogen) atoms. The number of rotatable bonds is 2. The SMILES string of the molecule is Cc1nnc(Sc2ncc(I)cn2)s1. The van der Waals surface area contributed by atoms with Crippen molar-refractivity contribution in [3.8, 4) is 0 Å². The highest BCUT2D eigenvalue weighted by Crippen LogP contribution is 2.26. The molecular weight excluding hydrogens is 331 g/mol. The number of aromatic nitrogens is 4. The monoisotopic (exact) mass is 336 g/mol. The first kappa shape index (κ1) is 10.2. The van der Waals surface area contributed by atoms with E-state index in [0.717, 1.165) is 12.9 Å². The quantitative estimate of drug-likeness (QED) is 0.623. The summed E-state index contributed by atoms with van der Waals surface area (Å²) in [5.74, 6) is 0. The predicted molar refractivity (Wildman–Crippen MR) is 63.5 cm³/mol. The molecule has 0 aromatic carbocycles. The lowest BCUT2D eigenvalue weighted by Crippen LogP contribution is -1.85. The summed E-state index contributed by atoms with van der Waals surface area (Å²) in [6.07, 6.45) is 3.56. The van der Waals surface area contributed by atoms with Gasteiger partial charge in [0.2, 0.25) is 0 Å². The van der Waals surface area contributed by atoms with Gasteiger partial charge in [0.05, 0.1) is 0 Å². The lowest BCUT2D eigenvalue weighted by Gasteiger charge is -1.93. The molecule has 0 N–H and O–H groups in total. The molecule has 0 amide bonds. The molecule has 0 bridgehead atoms. The van der Waals surface area contributed by atoms with Gasteiger partial charge in [0.25, 0.3) is 0 Å². The van der Waals surface area contributed by atoms with Gasteiger partial charge in [0.1, 0.15) is 5.01 Å². The Labute approximate surface area is 103 Å². The molecule has 2 aromatic heterocycles. The van der Waals surface area contributed by atoms with Gasteiger partial charge < -0.3 is 0 Å². The summed E-state index contributed by atoms with van der Waals surface area (Å²) in [6, 6.07) is 0. The van der Waals surface area contributed by atoms with Crippen LogP contribution in [0.5, 0.6) is 0 Å². The molecule has 7 heteroatoms. The van der Waals surface area contributed by atoms with E-state index >= 15 is 0 Å². The Morgan fingerprint density at radius 3 is 2.57 bits per heavy atom. The van der Waals surface area contributed by atoms with Gasteiger partial charge in [-0.3, -0.25) is 0 Å². The fraction of sp³-hybridized carbons (Fsp3) is 0.143. The molecule has 0 saturated heterocycles. The highest BCUT2D eigenvalue weighted by Gasteiger charge is 2.04. The highest BCUT2D eigenvalue weighted by molar-refractivity contribution is 14.1. The van der Waals surface area contributed by atoms with Crippen LogP contribution in [0.25, 0.3) is 0 Å². The standard InChI is InChI=1S/C7H5IN4S2/c1-4-11-12-7(13-4)14-6-9-2-5(8)3-10-6/h2-3H,1H3. The number of hydrogen-bond acceptors (Lipinski definition) is 6. The molecular formula is C7H5IN4S2. The second-order valence-corrected chi connectivity index (χ2v) is 6.01. The van der Waals surface area contributed by atoms with Crippen LogP contribution >= 0.6 is 45.7 Å². The third kappa shape index (κ3) is 2.61. The van der Waals surface area contributed by atoms with Crippen molar-refractivity contribution in [3.63, 3.8) is 0 Å². The Hall–Kier alpha value is -0.280. The minimum Gasteiger partial charge on any atom is -0.230 e. The second kappa shape index (κ2) is 4.49. The fourth-order valence-corrected chi connectivity index (χ4v) is 2.65. The molecule has 0 aliphatic heterocycles. The summed E-state index contributed by atoms with van der Waals surface area (Å²) in [5.41, 5.74) is 0. The van der Waals surface area contributed by atoms with Crippen LogP contribution in [0.4, 0.5) is 0 Å². The van der Waals surface area contributed by atoms with Gasteiger partial charge in [-0.1, -0.05) is 11.3 Å². The average molecular weight is 336 g/mol. The van der Waals surface area contributed by atoms with Crippen LogP contribution in [-0.2, 0) is 0 Å². The summed E-state index contributed by atoms with van der Waals surface area (Å²) in [4.78, 5) is 8.33. The Balaban J connectivity index is 2.15. The van der Waals surface area contributed by atoms with Crippen LogP contribution in [0, 0.1) is 10.5 Å². The predicted octanol–water partition coefficient (Wildman–Crippen LogP) is 2.39. The zero-order valence-corrected chi connectivity index (χ0v) is 10.9. The van der Waals surface area contributed by atoms with E-state index in [9.17, 15) is 0 Å². The van der Waals surface area contributed by atoms with Crippen molar-refractivity contribution >= 4 is 45.7 Å². The van der Waals surface area contributed by atoms with E-state index < -0.39 is 0 Å². The van der Waals surface area contributed by atoms with Gasteiger partial charge in [0, 0.05) is 16.0 Å². The topological polar surface area (TPSA) is 51.6 Å². The molecule has 0 aliphatic rings. The van der Waals surface area contributed by atoms with Crippen molar-refractivity contribution in [3.05, 3.63) is 21.0 Å². The average Bonchev–Trinajstić information content (AvgIpc) is 2.56. The van der Waals surface area contributed by atoms with E-state index in [4.69, 9.17) is 0 Å². The zero-order chi connectivity index (χ0) is 9.97. The molecule has 72 valence electrons. The second-order valence-electron chi connectivity index (χ2n) is 2.37. The van der Waals surface area contributed by atoms with Crippen LogP contribution in [0.1, 0.15) is 5.01 Å². The molecule has 0 aliphatic carbocycles. The first-order valence-electron chi connectivity index (χ1n) is 3.69. The highest BCUT2D eigenvalue weighted by atomic mass is 127. The van der Waals surface area contributed by atoms with Gasteiger partial charge in [-0.2, -0.15) is 0 Å². The Morgan fingerprint density at radius 1 is 1.29 bits per heavy atom. The minimum absolute atomic E-state index is 0.710. The number of aryl methyl sites for hydroxylation is 1. The number of halogens is 1. The smallest absolute Gasteiger partial charge is 0.194 e. The van der Waals surface area contributed by atoms with Crippen LogP contribution in [-0.4, -0.2) is 20.2 Å². The van der Waals surface area contributed by atoms with Gasteiger partial charge in [-0.25, -0.2) is 9.97 Å². The summed E-state index contributed by atoms with van der Waals surface area (Å²) in [6.45, 7) is 1.93. The third-order valence-electron chi connectivity index (χ3n) is 1.28. The molecule has 2 aromatic rings. The lowest BCUT2D eigenvalue weighted by molar-refractivity contribution is 0.942. The molecule has 0 spiro atoms. The number of hydrogen-bond donors (Lipinski definition) is 0. The van der Waals surface area contributed by atoms with E-state index in [1.54, 1.807) is 23.7 Å². The molecule has 4 nitrogen and oxygen atoms in total. The van der Waals surface area contributed by atoms with Crippen molar-refractivity contribution in [1.29, 1.82) is 0 Å². The minimum atomic E-state index is 0.710. The van der Waals surface area contributed by atoms with Crippen molar-refractivity contribution in [2.75, 3.05) is 0 Å². The van der Waals surface area contributed by atoms with E-state index in [-0.39, 0.29) is 0 Å². The fourth-order valence-electron chi connectivity index (χ4n) is 0.751. The van der Waals surface area contributed by atoms with Crippen molar-refractivity contribution in [2.45, 2.75) is 16.4 Å². The molecule has 0 radical (unpaired) electrons. The summed E-state index contributed by atoms with van der Waals surface area (Å²) in [5, 5.41) is 9.57. The molecule has 2 rings (SSSR count). The Bertz CT molecular complexity index is 428. The van der Waals surface area contributed by atoms with Crippen LogP contribution < -0.4 is 0 Å². The molecule has 0 fully saturated rings. The third-order valence-corrected chi connectivity index (χ3v) is 3.62. The maximum Gasteiger partial charge on any atom is 0.194 e. The van der Waals surface area contributed by atoms with Gasteiger partial charge in [0.15, 0.2) is 9.50 Å². The van der Waals surface area contributed by atoms with Gasteiger partial charge >= 0.3 is 0 Å². The summed E-state index contributed by atoms with van der Waals surface area (Å²) in [7, 11) is 0. The maximum absolute atomic E-state index is 4.17. The maximum atomic E-state index is 4.17. The summed E-state index contributed by atoms with van der Waals surface area (Å²) < 4.78 is 1.91. The lowest BCUT2D eigenvalue weighted by atomic mass is 10.7. The van der Waals surface area contributed by atoms with E-state index in [0.29, 0.717) is 5.16 Å². The van der Waals surface area contributed by atoms with Gasteiger partial charge in [-0.15, -0.1) is 10.2 Å². The van der Waals surface area contributed by atoms with Crippen molar-refractivity contribution in [2.24, 2.45) is 0 Å². The van der Waals surface area contributed by atoms with Crippen LogP contribution in [0.2, 0.25) is 0 Å². The normalized spacial score (nSPS) is 10.4. The first-order valence-corrected chi connectivity index (χ1v) is 6.41. The largest absolute Gasteiger partial charge is 0.230 e. The van der Waals surface area contributed by atoms with Crippen molar-refractivity contribution < 1.29 is 0 Å². The van der Waals surface area contributed by atoms with E-state index in [1.165, 1.54) is 11.8 Å². The Morgan fingerprint density at radius 2 is 2.00 bits per heavy atom. The zero-order valence-electron chi connectivity index (χ0n) is 7.14. The molecule has 0 saturated carbocycles. The number of nitrogens with zero attached hydrogens (tertiary/aromatic N) is 4. The van der Waals surface area contributed by atoms with Gasteiger partial charge in [-0.05, 0) is 41.3 Å². The Kier molecular flexibility index (Phi) is 3.29. The van der Waals surface area contributed by atoms with Crippen molar-refractivity contribution in [1.82, 2.24) is 20.2 Å². The molecule has 0 atom stereocenters. The molecule has 0 unspecified atom stereocenters. The van der Waals surface area contributed by atoms with E-state index in [1.807, 2.05) is 6.92 Å². The summed E-state index contributed by atoms with van der Waals surface area (Å²) >= 11 is 5.15.